The Balaban J connectivity index is 1.55. The van der Waals surface area contributed by atoms with E-state index < -0.39 is 52.2 Å². The van der Waals surface area contributed by atoms with Gasteiger partial charge in [-0.05, 0) is 74.8 Å². The molecule has 8 atom stereocenters. The third-order valence-corrected chi connectivity index (χ3v) is 9.94. The zero-order valence-electron chi connectivity index (χ0n) is 21.3. The topological polar surface area (TPSA) is 72.8 Å². The lowest BCUT2D eigenvalue weighted by molar-refractivity contribution is -0.243. The second-order valence-corrected chi connectivity index (χ2v) is 11.5. The molecule has 0 saturated heterocycles. The summed E-state index contributed by atoms with van der Waals surface area (Å²) in [4.78, 5) is 25.6. The Hall–Kier alpha value is -2.29. The maximum atomic E-state index is 17.2. The quantitative estimate of drug-likeness (QED) is 0.529. The number of ether oxygens (including phenoxy) is 2. The van der Waals surface area contributed by atoms with Crippen molar-refractivity contribution in [2.45, 2.75) is 69.7 Å². The first-order valence-electron chi connectivity index (χ1n) is 12.8. The predicted molar refractivity (Wildman–Crippen MR) is 129 cm³/mol. The second kappa shape index (κ2) is 8.89. The van der Waals surface area contributed by atoms with E-state index in [-0.39, 0.29) is 55.0 Å². The molecule has 200 valence electrons. The standard InChI is InChI=1S/C29H33F3O5/c1-26-9-7-19(33)14-22(26)23(31)15-21-20-8-10-29(24(34)16-36-3,27(20,2)11-12-28(21,26)32)37-25(35)17-5-4-6-18(30)13-17/h4-7,9,13-14,20-21,23,25,35H,8,10-12,15-16H2,1-3H3/t20?,21?,23-,25?,26?,27?,28+,29?/m0/s1. The van der Waals surface area contributed by atoms with Crippen LogP contribution in [0.2, 0.25) is 0 Å². The number of carbonyl (C=O) groups excluding carboxylic acids is 2. The van der Waals surface area contributed by atoms with E-state index in [1.807, 2.05) is 6.92 Å². The van der Waals surface area contributed by atoms with Crippen molar-refractivity contribution in [1.29, 1.82) is 0 Å². The highest BCUT2D eigenvalue weighted by molar-refractivity contribution is 6.01. The summed E-state index contributed by atoms with van der Waals surface area (Å²) < 4.78 is 58.0. The Morgan fingerprint density at radius 2 is 1.97 bits per heavy atom. The predicted octanol–water partition coefficient (Wildman–Crippen LogP) is 5.14. The Kier molecular flexibility index (Phi) is 6.32. The summed E-state index contributed by atoms with van der Waals surface area (Å²) in [6.07, 6.45) is 1.74. The number of fused-ring (bicyclic) bond motifs is 5. The fourth-order valence-electron chi connectivity index (χ4n) is 7.96. The molecule has 0 bridgehead atoms. The third kappa shape index (κ3) is 3.62. The SMILES string of the molecule is COCC(=O)C1(OC(O)c2cccc(F)c2)CCC2C3C[C@H](F)C4=CC(=O)C=CC4(C)[C@@]3(F)CCC21C. The van der Waals surface area contributed by atoms with Crippen molar-refractivity contribution in [2.24, 2.45) is 22.7 Å². The minimum absolute atomic E-state index is 0.0329. The number of ketones is 2. The monoisotopic (exact) mass is 518 g/mol. The molecule has 4 aliphatic rings. The number of carbonyl (C=O) groups is 2. The van der Waals surface area contributed by atoms with Gasteiger partial charge in [-0.2, -0.15) is 0 Å². The van der Waals surface area contributed by atoms with E-state index in [2.05, 4.69) is 0 Å². The van der Waals surface area contributed by atoms with Gasteiger partial charge in [0.05, 0.1) is 0 Å². The minimum Gasteiger partial charge on any atom is -0.377 e. The van der Waals surface area contributed by atoms with Crippen molar-refractivity contribution in [3.8, 4) is 0 Å². The first-order chi connectivity index (χ1) is 17.4. The maximum absolute atomic E-state index is 17.2. The van der Waals surface area contributed by atoms with Crippen LogP contribution in [0.1, 0.15) is 57.8 Å². The molecule has 6 unspecified atom stereocenters. The number of Topliss-reactive ketones (excluding diaryl/α,β-unsaturated/α-hetero) is 1. The third-order valence-electron chi connectivity index (χ3n) is 9.94. The zero-order valence-corrected chi connectivity index (χ0v) is 21.3. The first-order valence-corrected chi connectivity index (χ1v) is 12.8. The van der Waals surface area contributed by atoms with Gasteiger partial charge in [0.25, 0.3) is 0 Å². The van der Waals surface area contributed by atoms with Gasteiger partial charge in [-0.15, -0.1) is 0 Å². The zero-order chi connectivity index (χ0) is 26.8. The number of rotatable bonds is 6. The van der Waals surface area contributed by atoms with Crippen LogP contribution in [-0.2, 0) is 19.1 Å². The van der Waals surface area contributed by atoms with E-state index in [0.717, 1.165) is 6.07 Å². The molecule has 5 rings (SSSR count). The minimum atomic E-state index is -1.82. The molecule has 0 aromatic heterocycles. The number of hydrogen-bond donors (Lipinski definition) is 1. The maximum Gasteiger partial charge on any atom is 0.190 e. The molecule has 0 aliphatic heterocycles. The van der Waals surface area contributed by atoms with E-state index >= 15 is 8.78 Å². The summed E-state index contributed by atoms with van der Waals surface area (Å²) in [6.45, 7) is 3.24. The molecule has 1 N–H and O–H groups in total. The van der Waals surface area contributed by atoms with Gasteiger partial charge >= 0.3 is 0 Å². The van der Waals surface area contributed by atoms with Crippen LogP contribution in [0.5, 0.6) is 0 Å². The average Bonchev–Trinajstić information content (AvgIpc) is 3.15. The lowest BCUT2D eigenvalue weighted by atomic mass is 9.45. The van der Waals surface area contributed by atoms with E-state index in [9.17, 15) is 19.1 Å². The molecular formula is C29H33F3O5. The van der Waals surface area contributed by atoms with E-state index in [1.54, 1.807) is 6.92 Å². The van der Waals surface area contributed by atoms with Crippen molar-refractivity contribution in [1.82, 2.24) is 0 Å². The van der Waals surface area contributed by atoms with Crippen LogP contribution >= 0.6 is 0 Å². The Labute approximate surface area is 214 Å². The van der Waals surface area contributed by atoms with Gasteiger partial charge in [0, 0.05) is 29.4 Å². The number of alkyl halides is 2. The van der Waals surface area contributed by atoms with Crippen LogP contribution in [0.15, 0.2) is 48.1 Å². The van der Waals surface area contributed by atoms with Gasteiger partial charge < -0.3 is 14.6 Å². The smallest absolute Gasteiger partial charge is 0.190 e. The van der Waals surface area contributed by atoms with Crippen LogP contribution in [0.25, 0.3) is 0 Å². The summed E-state index contributed by atoms with van der Waals surface area (Å²) in [5.74, 6) is -2.44. The number of aliphatic hydroxyl groups excluding tert-OH is 1. The van der Waals surface area contributed by atoms with E-state index in [1.165, 1.54) is 43.5 Å². The summed E-state index contributed by atoms with van der Waals surface area (Å²) in [5, 5.41) is 11.0. The highest BCUT2D eigenvalue weighted by Crippen LogP contribution is 2.71. The van der Waals surface area contributed by atoms with Crippen molar-refractivity contribution < 1.29 is 37.3 Å². The molecule has 5 nitrogen and oxygen atoms in total. The van der Waals surface area contributed by atoms with Crippen LogP contribution < -0.4 is 0 Å². The Morgan fingerprint density at radius 3 is 2.68 bits per heavy atom. The van der Waals surface area contributed by atoms with Gasteiger partial charge in [-0.1, -0.05) is 25.1 Å². The van der Waals surface area contributed by atoms with Crippen LogP contribution in [0.3, 0.4) is 0 Å². The number of allylic oxidation sites excluding steroid dienone is 4. The summed E-state index contributed by atoms with van der Waals surface area (Å²) >= 11 is 0. The van der Waals surface area contributed by atoms with Crippen molar-refractivity contribution in [3.05, 3.63) is 59.4 Å². The van der Waals surface area contributed by atoms with Gasteiger partial charge in [-0.3, -0.25) is 9.59 Å². The van der Waals surface area contributed by atoms with Gasteiger partial charge in [0.15, 0.2) is 17.9 Å². The highest BCUT2D eigenvalue weighted by Gasteiger charge is 2.73. The Bertz CT molecular complexity index is 1180. The highest BCUT2D eigenvalue weighted by atomic mass is 19.1. The van der Waals surface area contributed by atoms with Crippen molar-refractivity contribution >= 4 is 11.6 Å². The van der Waals surface area contributed by atoms with Gasteiger partial charge in [0.2, 0.25) is 0 Å². The number of methoxy groups -OCH3 is 1. The van der Waals surface area contributed by atoms with Crippen LogP contribution in [0, 0.1) is 28.5 Å². The molecule has 37 heavy (non-hydrogen) atoms. The van der Waals surface area contributed by atoms with E-state index in [0.29, 0.717) is 6.42 Å². The number of aliphatic hydroxyl groups is 1. The van der Waals surface area contributed by atoms with Crippen LogP contribution in [0.4, 0.5) is 13.2 Å². The van der Waals surface area contributed by atoms with Gasteiger partial charge in [-0.25, -0.2) is 13.2 Å². The second-order valence-electron chi connectivity index (χ2n) is 11.5. The van der Waals surface area contributed by atoms with Crippen molar-refractivity contribution in [3.63, 3.8) is 0 Å². The summed E-state index contributed by atoms with van der Waals surface area (Å²) in [7, 11) is 1.39. The molecule has 3 fully saturated rings. The molecule has 0 spiro atoms. The molecule has 8 heteroatoms. The Morgan fingerprint density at radius 1 is 1.22 bits per heavy atom. The number of benzene rings is 1. The lowest BCUT2D eigenvalue weighted by Crippen LogP contribution is -2.65. The molecule has 0 heterocycles. The molecule has 0 radical (unpaired) electrons. The first kappa shape index (κ1) is 26.3. The van der Waals surface area contributed by atoms with E-state index in [4.69, 9.17) is 9.47 Å². The molecule has 3 saturated carbocycles. The fraction of sp³-hybridized carbons (Fsp3) is 0.586. The van der Waals surface area contributed by atoms with Crippen molar-refractivity contribution in [2.75, 3.05) is 13.7 Å². The summed E-state index contributed by atoms with van der Waals surface area (Å²) in [5.41, 5.74) is -5.20. The van der Waals surface area contributed by atoms with Gasteiger partial charge in [0.1, 0.15) is 29.9 Å². The molecule has 4 aliphatic carbocycles. The largest absolute Gasteiger partial charge is 0.377 e. The number of hydrogen-bond acceptors (Lipinski definition) is 5. The molecule has 1 aromatic carbocycles. The molecular weight excluding hydrogens is 485 g/mol. The number of halogens is 3. The molecule has 0 amide bonds. The average molecular weight is 519 g/mol. The lowest BCUT2D eigenvalue weighted by Gasteiger charge is -2.61. The fourth-order valence-corrected chi connectivity index (χ4v) is 7.96. The molecule has 1 aromatic rings. The van der Waals surface area contributed by atoms with Crippen LogP contribution in [-0.4, -0.2) is 47.8 Å². The summed E-state index contributed by atoms with van der Waals surface area (Å²) in [6, 6.07) is 5.33. The normalized spacial score (nSPS) is 41.4.